The quantitative estimate of drug-likeness (QED) is 0.127. The van der Waals surface area contributed by atoms with Crippen molar-refractivity contribution in [3.63, 3.8) is 0 Å². The lowest BCUT2D eigenvalue weighted by molar-refractivity contribution is 1.18. The molecule has 1 aromatic heterocycles. The average Bonchev–Trinajstić information content (AvgIpc) is 1.77. The third-order valence-electron chi connectivity index (χ3n) is 16.9. The summed E-state index contributed by atoms with van der Waals surface area (Å²) in [6.07, 6.45) is 0. The van der Waals surface area contributed by atoms with E-state index in [1.165, 1.54) is 66.2 Å². The Labute approximate surface area is 484 Å². The van der Waals surface area contributed by atoms with Crippen molar-refractivity contribution in [3.8, 4) is 50.2 Å². The monoisotopic (exact) mass is 1060 g/mol. The van der Waals surface area contributed by atoms with Crippen molar-refractivity contribution >= 4 is 96.1 Å². The van der Waals surface area contributed by atoms with E-state index in [-0.39, 0.29) is 6.71 Å². The molecule has 14 aromatic rings. The summed E-state index contributed by atoms with van der Waals surface area (Å²) in [6, 6.07) is 118. The first kappa shape index (κ1) is 48.1. The Morgan fingerprint density at radius 2 is 0.711 bits per heavy atom. The fourth-order valence-electron chi connectivity index (χ4n) is 13.2. The van der Waals surface area contributed by atoms with E-state index >= 15 is 0 Å². The van der Waals surface area contributed by atoms with Gasteiger partial charge < -0.3 is 19.3 Å². The van der Waals surface area contributed by atoms with Crippen LogP contribution in [0.15, 0.2) is 322 Å². The zero-order valence-electron chi connectivity index (χ0n) is 45.5. The number of anilines is 9. The van der Waals surface area contributed by atoms with E-state index in [9.17, 15) is 0 Å². The third-order valence-corrected chi connectivity index (χ3v) is 16.9. The lowest BCUT2D eigenvalue weighted by Gasteiger charge is -2.45. The van der Waals surface area contributed by atoms with Gasteiger partial charge in [-0.3, -0.25) is 0 Å². The highest BCUT2D eigenvalue weighted by Gasteiger charge is 2.45. The van der Waals surface area contributed by atoms with Crippen molar-refractivity contribution in [1.82, 2.24) is 4.57 Å². The molecule has 0 radical (unpaired) electrons. The van der Waals surface area contributed by atoms with Crippen molar-refractivity contribution in [2.45, 2.75) is 0 Å². The SMILES string of the molecule is c1ccc(-c2ccc(N3c4cc(N(c5ccccc5)c5ccccc5)cc5c4B(c4ccc(-c6ccccc6)cc4N5c4cccc(-c5ccccc5)c4)c4ccc5c(c43)c3ccccc3n5-c3cccc(-c4ccccc4)c3)cc2)cc1. The van der Waals surface area contributed by atoms with E-state index in [0.29, 0.717) is 0 Å². The molecule has 388 valence electrons. The number of fused-ring (bicyclic) bond motifs is 8. The summed E-state index contributed by atoms with van der Waals surface area (Å²) in [4.78, 5) is 7.60. The van der Waals surface area contributed by atoms with Gasteiger partial charge in [0.15, 0.2) is 0 Å². The van der Waals surface area contributed by atoms with E-state index in [1.807, 2.05) is 0 Å². The molecule has 2 aliphatic rings. The van der Waals surface area contributed by atoms with Gasteiger partial charge in [0.2, 0.25) is 0 Å². The fraction of sp³-hybridized carbons (Fsp3) is 0. The average molecular weight is 1060 g/mol. The maximum Gasteiger partial charge on any atom is 0.252 e. The van der Waals surface area contributed by atoms with Crippen LogP contribution in [0.5, 0.6) is 0 Å². The maximum atomic E-state index is 2.61. The van der Waals surface area contributed by atoms with Gasteiger partial charge in [-0.1, -0.05) is 231 Å². The smallest absolute Gasteiger partial charge is 0.252 e. The van der Waals surface area contributed by atoms with Gasteiger partial charge in [0.25, 0.3) is 6.71 Å². The summed E-state index contributed by atoms with van der Waals surface area (Å²) in [5, 5.41) is 2.40. The molecule has 0 bridgehead atoms. The summed E-state index contributed by atoms with van der Waals surface area (Å²) in [7, 11) is 0. The zero-order chi connectivity index (χ0) is 54.8. The van der Waals surface area contributed by atoms with Gasteiger partial charge >= 0.3 is 0 Å². The van der Waals surface area contributed by atoms with Crippen molar-refractivity contribution in [2.24, 2.45) is 0 Å². The molecule has 0 saturated carbocycles. The molecule has 0 unspecified atom stereocenters. The van der Waals surface area contributed by atoms with Gasteiger partial charge in [0.1, 0.15) is 0 Å². The Morgan fingerprint density at radius 3 is 1.30 bits per heavy atom. The van der Waals surface area contributed by atoms with Crippen LogP contribution >= 0.6 is 0 Å². The van der Waals surface area contributed by atoms with Crippen molar-refractivity contribution in [3.05, 3.63) is 322 Å². The predicted molar refractivity (Wildman–Crippen MR) is 351 cm³/mol. The van der Waals surface area contributed by atoms with Crippen LogP contribution < -0.4 is 31.1 Å². The molecule has 0 fully saturated rings. The first-order valence-electron chi connectivity index (χ1n) is 28.6. The highest BCUT2D eigenvalue weighted by atomic mass is 15.2. The topological polar surface area (TPSA) is 14.7 Å². The zero-order valence-corrected chi connectivity index (χ0v) is 45.5. The van der Waals surface area contributed by atoms with Crippen molar-refractivity contribution in [1.29, 1.82) is 0 Å². The highest BCUT2D eigenvalue weighted by Crippen LogP contribution is 2.52. The second kappa shape index (κ2) is 20.0. The van der Waals surface area contributed by atoms with Crippen LogP contribution in [0.3, 0.4) is 0 Å². The van der Waals surface area contributed by atoms with Gasteiger partial charge in [0.05, 0.1) is 22.4 Å². The fourth-order valence-corrected chi connectivity index (χ4v) is 13.2. The number of hydrogen-bond acceptors (Lipinski definition) is 3. The van der Waals surface area contributed by atoms with Crippen LogP contribution in [0.25, 0.3) is 72.0 Å². The normalized spacial score (nSPS) is 12.3. The lowest BCUT2D eigenvalue weighted by Crippen LogP contribution is -2.61. The van der Waals surface area contributed by atoms with Gasteiger partial charge in [-0.25, -0.2) is 0 Å². The number of rotatable bonds is 10. The summed E-state index contributed by atoms with van der Waals surface area (Å²) < 4.78 is 2.49. The number of aromatic nitrogens is 1. The molecule has 5 heteroatoms. The van der Waals surface area contributed by atoms with E-state index < -0.39 is 0 Å². The number of benzene rings is 13. The van der Waals surface area contributed by atoms with E-state index in [1.54, 1.807) is 0 Å². The minimum Gasteiger partial charge on any atom is -0.311 e. The molecule has 0 atom stereocenters. The van der Waals surface area contributed by atoms with E-state index in [0.717, 1.165) is 73.3 Å². The highest BCUT2D eigenvalue weighted by molar-refractivity contribution is 7.00. The van der Waals surface area contributed by atoms with Crippen molar-refractivity contribution < 1.29 is 0 Å². The molecule has 4 nitrogen and oxygen atoms in total. The Kier molecular flexibility index (Phi) is 11.6. The van der Waals surface area contributed by atoms with E-state index in [2.05, 4.69) is 341 Å². The Bertz CT molecular complexity index is 4680. The van der Waals surface area contributed by atoms with Crippen LogP contribution in [0.2, 0.25) is 0 Å². The minimum absolute atomic E-state index is 0.160. The van der Waals surface area contributed by atoms with Gasteiger partial charge in [0, 0.05) is 56.3 Å². The molecular formula is C78H53BN4. The molecule has 0 aliphatic carbocycles. The maximum absolute atomic E-state index is 2.61. The summed E-state index contributed by atoms with van der Waals surface area (Å²) in [5.74, 6) is 0. The minimum atomic E-state index is -0.160. The number of hydrogen-bond donors (Lipinski definition) is 0. The molecule has 3 heterocycles. The molecular weight excluding hydrogens is 1000 g/mol. The molecule has 0 amide bonds. The van der Waals surface area contributed by atoms with Crippen LogP contribution in [-0.4, -0.2) is 11.3 Å². The number of nitrogens with zero attached hydrogens (tertiary/aromatic N) is 4. The molecule has 0 N–H and O–H groups in total. The largest absolute Gasteiger partial charge is 0.311 e. The van der Waals surface area contributed by atoms with Gasteiger partial charge in [-0.05, 0) is 152 Å². The lowest BCUT2D eigenvalue weighted by atomic mass is 9.33. The molecule has 83 heavy (non-hydrogen) atoms. The first-order valence-corrected chi connectivity index (χ1v) is 28.6. The van der Waals surface area contributed by atoms with Crippen LogP contribution in [0.4, 0.5) is 51.2 Å². The van der Waals surface area contributed by atoms with Gasteiger partial charge in [-0.2, -0.15) is 0 Å². The standard InChI is InChI=1S/C78H53BN4/c1-7-23-54(24-8-1)58-41-44-64(45-42-58)83-75-53-67(80(62-33-15-5-16-34-62)63-35-17-6-18-36-63)52-74-77(75)79(69-46-43-61(57-29-13-4-14-30-57)51-73(69)82(74)66-38-22-32-60(50-66)56-27-11-3-12-28-56)70-47-48-72-76(78(70)83)68-39-19-20-40-71(68)81(72)65-37-21-31-59(49-65)55-25-9-2-10-26-55/h1-53H. The Balaban J connectivity index is 1.04. The molecule has 13 aromatic carbocycles. The summed E-state index contributed by atoms with van der Waals surface area (Å²) in [5.41, 5.74) is 26.5. The van der Waals surface area contributed by atoms with Crippen molar-refractivity contribution in [2.75, 3.05) is 14.7 Å². The Morgan fingerprint density at radius 1 is 0.265 bits per heavy atom. The van der Waals surface area contributed by atoms with Crippen LogP contribution in [0, 0.1) is 0 Å². The molecule has 16 rings (SSSR count). The third kappa shape index (κ3) is 8.16. The van der Waals surface area contributed by atoms with Gasteiger partial charge in [-0.15, -0.1) is 0 Å². The summed E-state index contributed by atoms with van der Waals surface area (Å²) in [6.45, 7) is -0.160. The second-order valence-corrected chi connectivity index (χ2v) is 21.6. The molecule has 0 spiro atoms. The predicted octanol–water partition coefficient (Wildman–Crippen LogP) is 19.0. The van der Waals surface area contributed by atoms with Crippen LogP contribution in [0.1, 0.15) is 0 Å². The van der Waals surface area contributed by atoms with Crippen LogP contribution in [-0.2, 0) is 0 Å². The summed E-state index contributed by atoms with van der Waals surface area (Å²) >= 11 is 0. The number of para-hydroxylation sites is 3. The first-order chi connectivity index (χ1) is 41.2. The Hall–Kier alpha value is -10.9. The second-order valence-electron chi connectivity index (χ2n) is 21.6. The molecule has 2 aliphatic heterocycles. The molecule has 0 saturated heterocycles. The van der Waals surface area contributed by atoms with E-state index in [4.69, 9.17) is 0 Å².